The van der Waals surface area contributed by atoms with Crippen LogP contribution in [-0.4, -0.2) is 66.2 Å². The number of morpholine rings is 1. The van der Waals surface area contributed by atoms with E-state index < -0.39 is 17.6 Å². The molecule has 2 aromatic rings. The minimum atomic E-state index is -0.797. The molecule has 1 N–H and O–H groups in total. The number of anilines is 1. The summed E-state index contributed by atoms with van der Waals surface area (Å²) in [5, 5.41) is 1.02. The standard InChI is InChI=1S/C25H32N4O5/c1-25(2,3)34-24(32)27-29(23(31)12-9-20-6-4-5-13-26-20)18-22(30)19-7-10-21(11-8-19)28-14-16-33-17-15-28/h4-8,10-11,13H,9,12,14-18H2,1-3H3,(H,27,32). The van der Waals surface area contributed by atoms with E-state index in [1.54, 1.807) is 45.2 Å². The Morgan fingerprint density at radius 1 is 1.09 bits per heavy atom. The van der Waals surface area contributed by atoms with Crippen LogP contribution in [0.25, 0.3) is 0 Å². The first-order valence-corrected chi connectivity index (χ1v) is 11.4. The average Bonchev–Trinajstić information content (AvgIpc) is 2.82. The van der Waals surface area contributed by atoms with E-state index in [2.05, 4.69) is 15.3 Å². The summed E-state index contributed by atoms with van der Waals surface area (Å²) in [6.45, 7) is 7.80. The number of benzene rings is 1. The van der Waals surface area contributed by atoms with Gasteiger partial charge in [-0.15, -0.1) is 0 Å². The van der Waals surface area contributed by atoms with Gasteiger partial charge in [0.2, 0.25) is 5.91 Å². The van der Waals surface area contributed by atoms with Crippen molar-refractivity contribution in [3.8, 4) is 0 Å². The van der Waals surface area contributed by atoms with Crippen molar-refractivity contribution in [3.63, 3.8) is 0 Å². The molecular formula is C25H32N4O5. The Labute approximate surface area is 200 Å². The van der Waals surface area contributed by atoms with Crippen LogP contribution in [0.3, 0.4) is 0 Å². The molecule has 0 radical (unpaired) electrons. The zero-order valence-corrected chi connectivity index (χ0v) is 20.0. The second-order valence-corrected chi connectivity index (χ2v) is 8.98. The fraction of sp³-hybridized carbons (Fsp3) is 0.440. The molecule has 3 rings (SSSR count). The van der Waals surface area contributed by atoms with E-state index in [4.69, 9.17) is 9.47 Å². The number of amides is 2. The molecule has 1 fully saturated rings. The lowest BCUT2D eigenvalue weighted by molar-refractivity contribution is -0.133. The van der Waals surface area contributed by atoms with Gasteiger partial charge < -0.3 is 14.4 Å². The number of ether oxygens (including phenoxy) is 2. The monoisotopic (exact) mass is 468 g/mol. The van der Waals surface area contributed by atoms with Crippen molar-refractivity contribution in [1.29, 1.82) is 0 Å². The first-order valence-electron chi connectivity index (χ1n) is 11.4. The lowest BCUT2D eigenvalue weighted by Gasteiger charge is -2.29. The highest BCUT2D eigenvalue weighted by Crippen LogP contribution is 2.17. The number of rotatable bonds is 7. The van der Waals surface area contributed by atoms with Gasteiger partial charge in [0, 0.05) is 42.7 Å². The molecule has 0 saturated carbocycles. The second-order valence-electron chi connectivity index (χ2n) is 8.98. The second kappa shape index (κ2) is 11.6. The van der Waals surface area contributed by atoms with Crippen LogP contribution in [0.4, 0.5) is 10.5 Å². The molecule has 1 aliphatic heterocycles. The minimum Gasteiger partial charge on any atom is -0.443 e. The van der Waals surface area contributed by atoms with Gasteiger partial charge >= 0.3 is 6.09 Å². The number of hydrogen-bond acceptors (Lipinski definition) is 7. The van der Waals surface area contributed by atoms with Gasteiger partial charge in [0.25, 0.3) is 0 Å². The van der Waals surface area contributed by atoms with E-state index in [0.717, 1.165) is 29.5 Å². The van der Waals surface area contributed by atoms with Crippen LogP contribution >= 0.6 is 0 Å². The third-order valence-electron chi connectivity index (χ3n) is 5.11. The van der Waals surface area contributed by atoms with Crippen molar-refractivity contribution in [2.75, 3.05) is 37.7 Å². The average molecular weight is 469 g/mol. The van der Waals surface area contributed by atoms with Crippen LogP contribution in [0.15, 0.2) is 48.7 Å². The Morgan fingerprint density at radius 3 is 2.41 bits per heavy atom. The van der Waals surface area contributed by atoms with E-state index in [9.17, 15) is 14.4 Å². The largest absolute Gasteiger partial charge is 0.443 e. The number of hydrazine groups is 1. The highest BCUT2D eigenvalue weighted by molar-refractivity contribution is 5.99. The number of aromatic nitrogens is 1. The Bertz CT molecular complexity index is 967. The van der Waals surface area contributed by atoms with Crippen LogP contribution in [-0.2, 0) is 20.7 Å². The quantitative estimate of drug-likeness (QED) is 0.492. The van der Waals surface area contributed by atoms with Crippen molar-refractivity contribution < 1.29 is 23.9 Å². The summed E-state index contributed by atoms with van der Waals surface area (Å²) in [5.74, 6) is -0.703. The number of carbonyl (C=O) groups excluding carboxylic acids is 3. The molecule has 1 aromatic heterocycles. The lowest BCUT2D eigenvalue weighted by Crippen LogP contribution is -2.50. The van der Waals surface area contributed by atoms with Crippen molar-refractivity contribution >= 4 is 23.5 Å². The van der Waals surface area contributed by atoms with Gasteiger partial charge in [0.15, 0.2) is 5.78 Å². The van der Waals surface area contributed by atoms with E-state index in [1.807, 2.05) is 24.3 Å². The minimum absolute atomic E-state index is 0.0794. The topological polar surface area (TPSA) is 101 Å². The van der Waals surface area contributed by atoms with Crippen LogP contribution < -0.4 is 10.3 Å². The Morgan fingerprint density at radius 2 is 1.79 bits per heavy atom. The Kier molecular flexibility index (Phi) is 8.59. The molecule has 9 nitrogen and oxygen atoms in total. The van der Waals surface area contributed by atoms with Crippen molar-refractivity contribution in [2.24, 2.45) is 0 Å². The van der Waals surface area contributed by atoms with Gasteiger partial charge in [-0.1, -0.05) is 6.07 Å². The fourth-order valence-corrected chi connectivity index (χ4v) is 3.43. The summed E-state index contributed by atoms with van der Waals surface area (Å²) < 4.78 is 10.6. The van der Waals surface area contributed by atoms with E-state index in [-0.39, 0.29) is 18.7 Å². The van der Waals surface area contributed by atoms with E-state index in [1.165, 1.54) is 0 Å². The first kappa shape index (κ1) is 25.2. The number of nitrogens with one attached hydrogen (secondary N) is 1. The molecule has 0 spiro atoms. The fourth-order valence-electron chi connectivity index (χ4n) is 3.43. The first-order chi connectivity index (χ1) is 16.2. The van der Waals surface area contributed by atoms with Crippen molar-refractivity contribution in [1.82, 2.24) is 15.4 Å². The highest BCUT2D eigenvalue weighted by atomic mass is 16.6. The van der Waals surface area contributed by atoms with Crippen molar-refractivity contribution in [2.45, 2.75) is 39.2 Å². The summed E-state index contributed by atoms with van der Waals surface area (Å²) in [4.78, 5) is 44.6. The summed E-state index contributed by atoms with van der Waals surface area (Å²) in [5.41, 5.74) is 3.90. The molecule has 0 aliphatic carbocycles. The molecule has 1 aromatic carbocycles. The van der Waals surface area contributed by atoms with E-state index >= 15 is 0 Å². The lowest BCUT2D eigenvalue weighted by atomic mass is 10.1. The normalized spacial score (nSPS) is 13.8. The van der Waals surface area contributed by atoms with Crippen LogP contribution in [0.5, 0.6) is 0 Å². The van der Waals surface area contributed by atoms with Gasteiger partial charge in [-0.05, 0) is 63.6 Å². The zero-order chi connectivity index (χ0) is 24.6. The number of Topliss-reactive ketones (excluding diaryl/α,β-unsaturated/α-hetero) is 1. The maximum absolute atomic E-state index is 13.0. The number of ketones is 1. The number of aryl methyl sites for hydroxylation is 1. The third-order valence-corrected chi connectivity index (χ3v) is 5.11. The molecule has 2 heterocycles. The number of nitrogens with zero attached hydrogens (tertiary/aromatic N) is 3. The number of pyridine rings is 1. The molecule has 1 saturated heterocycles. The smallest absolute Gasteiger partial charge is 0.426 e. The molecule has 0 bridgehead atoms. The van der Waals surface area contributed by atoms with E-state index in [0.29, 0.717) is 25.2 Å². The van der Waals surface area contributed by atoms with Gasteiger partial charge in [-0.2, -0.15) is 0 Å². The third kappa shape index (κ3) is 7.84. The summed E-state index contributed by atoms with van der Waals surface area (Å²) in [6.07, 6.45) is 1.32. The van der Waals surface area contributed by atoms with Gasteiger partial charge in [-0.3, -0.25) is 14.6 Å². The predicted octanol–water partition coefficient (Wildman–Crippen LogP) is 3.00. The number of carbonyl (C=O) groups is 3. The number of hydrogen-bond donors (Lipinski definition) is 1. The van der Waals surface area contributed by atoms with Gasteiger partial charge in [-0.25, -0.2) is 15.2 Å². The molecule has 0 unspecified atom stereocenters. The summed E-state index contributed by atoms with van der Waals surface area (Å²) in [6, 6.07) is 12.7. The molecular weight excluding hydrogens is 436 g/mol. The zero-order valence-electron chi connectivity index (χ0n) is 20.0. The summed E-state index contributed by atoms with van der Waals surface area (Å²) >= 11 is 0. The highest BCUT2D eigenvalue weighted by Gasteiger charge is 2.24. The maximum Gasteiger partial charge on any atom is 0.426 e. The van der Waals surface area contributed by atoms with Crippen LogP contribution in [0.1, 0.15) is 43.2 Å². The molecule has 2 amide bonds. The van der Waals surface area contributed by atoms with Crippen LogP contribution in [0, 0.1) is 0 Å². The SMILES string of the molecule is CC(C)(C)OC(=O)NN(CC(=O)c1ccc(N2CCOCC2)cc1)C(=O)CCc1ccccn1. The summed E-state index contributed by atoms with van der Waals surface area (Å²) in [7, 11) is 0. The molecule has 1 aliphatic rings. The van der Waals surface area contributed by atoms with Gasteiger partial charge in [0.05, 0.1) is 13.2 Å². The molecule has 9 heteroatoms. The Hall–Kier alpha value is -3.46. The molecule has 182 valence electrons. The Balaban J connectivity index is 1.66. The molecule has 0 atom stereocenters. The van der Waals surface area contributed by atoms with Crippen molar-refractivity contribution in [3.05, 3.63) is 59.9 Å². The van der Waals surface area contributed by atoms with Gasteiger partial charge in [0.1, 0.15) is 12.1 Å². The maximum atomic E-state index is 13.0. The molecule has 34 heavy (non-hydrogen) atoms. The predicted molar refractivity (Wildman–Crippen MR) is 127 cm³/mol. The van der Waals surface area contributed by atoms with Crippen LogP contribution in [0.2, 0.25) is 0 Å².